The third-order valence-electron chi connectivity index (χ3n) is 7.74. The van der Waals surface area contributed by atoms with Crippen LogP contribution in [0.5, 0.6) is 0 Å². The van der Waals surface area contributed by atoms with Gasteiger partial charge in [0.05, 0.1) is 10.6 Å². The second-order valence-corrected chi connectivity index (χ2v) is 12.3. The van der Waals surface area contributed by atoms with E-state index in [1.54, 1.807) is 30.3 Å². The van der Waals surface area contributed by atoms with Crippen molar-refractivity contribution in [1.29, 1.82) is 0 Å². The summed E-state index contributed by atoms with van der Waals surface area (Å²) in [5.41, 5.74) is 3.00. The summed E-state index contributed by atoms with van der Waals surface area (Å²) in [4.78, 5) is 29.3. The second-order valence-electron chi connectivity index (χ2n) is 10.5. The number of carbonyl (C=O) groups excluding carboxylic acids is 2. The largest absolute Gasteiger partial charge is 0.352 e. The first-order valence-electron chi connectivity index (χ1n) is 14.0. The molecule has 1 aliphatic carbocycles. The summed E-state index contributed by atoms with van der Waals surface area (Å²) in [6, 6.07) is 22.4. The summed E-state index contributed by atoms with van der Waals surface area (Å²) < 4.78 is 29.2. The van der Waals surface area contributed by atoms with Crippen LogP contribution in [0.4, 0.5) is 5.69 Å². The van der Waals surface area contributed by atoms with Crippen LogP contribution >= 0.6 is 0 Å². The van der Waals surface area contributed by atoms with Gasteiger partial charge in [0.1, 0.15) is 12.6 Å². The molecule has 8 heteroatoms. The predicted molar refractivity (Wildman–Crippen MR) is 158 cm³/mol. The van der Waals surface area contributed by atoms with Gasteiger partial charge in [0.2, 0.25) is 11.8 Å². The number of carbonyl (C=O) groups is 2. The molecule has 1 fully saturated rings. The Balaban J connectivity index is 1.72. The van der Waals surface area contributed by atoms with E-state index in [-0.39, 0.29) is 23.4 Å². The second kappa shape index (κ2) is 13.1. The Morgan fingerprint density at radius 2 is 1.52 bits per heavy atom. The van der Waals surface area contributed by atoms with Crippen molar-refractivity contribution in [2.45, 2.75) is 76.4 Å². The number of nitrogens with one attached hydrogen (secondary N) is 1. The van der Waals surface area contributed by atoms with Gasteiger partial charge in [0.25, 0.3) is 10.0 Å². The van der Waals surface area contributed by atoms with Crippen molar-refractivity contribution in [2.75, 3.05) is 10.8 Å². The molecular weight excluding hydrogens is 522 g/mol. The van der Waals surface area contributed by atoms with Gasteiger partial charge < -0.3 is 10.2 Å². The van der Waals surface area contributed by atoms with Crippen molar-refractivity contribution < 1.29 is 18.0 Å². The topological polar surface area (TPSA) is 86.8 Å². The standard InChI is InChI=1S/C32H39N3O4S/c1-4-29(32(37)33-27-17-11-12-18-27)34(22-26-15-7-5-8-16-26)31(36)23-35(30-21-13-14-24(2)25(30)3)40(38,39)28-19-9-6-10-20-28/h5-10,13-16,19-21,27,29H,4,11-12,17-18,22-23H2,1-3H3,(H,33,37). The number of sulfonamides is 1. The summed E-state index contributed by atoms with van der Waals surface area (Å²) in [5, 5.41) is 3.14. The third-order valence-corrected chi connectivity index (χ3v) is 9.51. The maximum absolute atomic E-state index is 14.2. The van der Waals surface area contributed by atoms with Crippen molar-refractivity contribution in [2.24, 2.45) is 0 Å². The summed E-state index contributed by atoms with van der Waals surface area (Å²) in [6.45, 7) is 5.42. The maximum atomic E-state index is 14.2. The number of anilines is 1. The number of hydrogen-bond acceptors (Lipinski definition) is 4. The van der Waals surface area contributed by atoms with Crippen molar-refractivity contribution in [3.8, 4) is 0 Å². The molecule has 4 rings (SSSR count). The molecule has 0 spiro atoms. The monoisotopic (exact) mass is 561 g/mol. The van der Waals surface area contributed by atoms with Gasteiger partial charge in [0.15, 0.2) is 0 Å². The predicted octanol–water partition coefficient (Wildman–Crippen LogP) is 5.36. The van der Waals surface area contributed by atoms with Gasteiger partial charge in [-0.25, -0.2) is 8.42 Å². The Labute approximate surface area is 238 Å². The van der Waals surface area contributed by atoms with Crippen LogP contribution in [0.2, 0.25) is 0 Å². The molecule has 3 aromatic rings. The Morgan fingerprint density at radius 3 is 2.15 bits per heavy atom. The van der Waals surface area contributed by atoms with Gasteiger partial charge >= 0.3 is 0 Å². The SMILES string of the molecule is CCC(C(=O)NC1CCCC1)N(Cc1ccccc1)C(=O)CN(c1cccc(C)c1C)S(=O)(=O)c1ccccc1. The van der Waals surface area contributed by atoms with Crippen LogP contribution in [0, 0.1) is 13.8 Å². The molecule has 0 heterocycles. The molecule has 0 aromatic heterocycles. The zero-order valence-electron chi connectivity index (χ0n) is 23.5. The minimum atomic E-state index is -4.08. The molecule has 1 unspecified atom stereocenters. The number of rotatable bonds is 11. The van der Waals surface area contributed by atoms with E-state index < -0.39 is 28.5 Å². The lowest BCUT2D eigenvalue weighted by Crippen LogP contribution is -2.53. The van der Waals surface area contributed by atoms with E-state index in [4.69, 9.17) is 0 Å². The number of hydrogen-bond donors (Lipinski definition) is 1. The normalized spacial score (nSPS) is 14.5. The average Bonchev–Trinajstić information content (AvgIpc) is 3.47. The quantitative estimate of drug-likeness (QED) is 0.341. The molecule has 1 aliphatic rings. The lowest BCUT2D eigenvalue weighted by atomic mass is 10.1. The molecule has 212 valence electrons. The van der Waals surface area contributed by atoms with Crippen molar-refractivity contribution in [3.05, 3.63) is 95.6 Å². The van der Waals surface area contributed by atoms with E-state index in [2.05, 4.69) is 5.32 Å². The van der Waals surface area contributed by atoms with Crippen LogP contribution in [0.3, 0.4) is 0 Å². The van der Waals surface area contributed by atoms with Crippen LogP contribution in [0.15, 0.2) is 83.8 Å². The van der Waals surface area contributed by atoms with Crippen molar-refractivity contribution in [1.82, 2.24) is 10.2 Å². The molecule has 1 N–H and O–H groups in total. The molecule has 0 aliphatic heterocycles. The minimum absolute atomic E-state index is 0.101. The first-order chi connectivity index (χ1) is 19.2. The Morgan fingerprint density at radius 1 is 0.900 bits per heavy atom. The number of nitrogens with zero attached hydrogens (tertiary/aromatic N) is 2. The maximum Gasteiger partial charge on any atom is 0.264 e. The van der Waals surface area contributed by atoms with Gasteiger partial charge in [-0.3, -0.25) is 13.9 Å². The Hall–Kier alpha value is -3.65. The fraction of sp³-hybridized carbons (Fsp3) is 0.375. The van der Waals surface area contributed by atoms with E-state index in [0.717, 1.165) is 42.4 Å². The number of amides is 2. The first kappa shape index (κ1) is 29.3. The van der Waals surface area contributed by atoms with Gasteiger partial charge in [0, 0.05) is 12.6 Å². The summed E-state index contributed by atoms with van der Waals surface area (Å²) in [6.07, 6.45) is 4.44. The van der Waals surface area contributed by atoms with Gasteiger partial charge in [-0.05, 0) is 68.0 Å². The highest BCUT2D eigenvalue weighted by molar-refractivity contribution is 7.92. The van der Waals surface area contributed by atoms with E-state index in [9.17, 15) is 18.0 Å². The molecule has 0 radical (unpaired) electrons. The smallest absolute Gasteiger partial charge is 0.264 e. The van der Waals surface area contributed by atoms with Crippen molar-refractivity contribution >= 4 is 27.5 Å². The van der Waals surface area contributed by atoms with E-state index in [0.29, 0.717) is 12.1 Å². The highest BCUT2D eigenvalue weighted by atomic mass is 32.2. The van der Waals surface area contributed by atoms with Gasteiger partial charge in [-0.15, -0.1) is 0 Å². The molecule has 7 nitrogen and oxygen atoms in total. The molecule has 1 atom stereocenters. The first-order valence-corrected chi connectivity index (χ1v) is 15.4. The summed E-state index contributed by atoms with van der Waals surface area (Å²) >= 11 is 0. The molecule has 0 saturated heterocycles. The molecular formula is C32H39N3O4S. The number of benzene rings is 3. The highest BCUT2D eigenvalue weighted by Gasteiger charge is 2.35. The van der Waals surface area contributed by atoms with E-state index in [1.165, 1.54) is 21.3 Å². The Bertz CT molecular complexity index is 1400. The highest BCUT2D eigenvalue weighted by Crippen LogP contribution is 2.29. The van der Waals surface area contributed by atoms with Crippen LogP contribution in [-0.4, -0.2) is 43.8 Å². The zero-order chi connectivity index (χ0) is 28.7. The minimum Gasteiger partial charge on any atom is -0.352 e. The van der Waals surface area contributed by atoms with Crippen LogP contribution in [0.25, 0.3) is 0 Å². The molecule has 3 aromatic carbocycles. The van der Waals surface area contributed by atoms with E-state index in [1.807, 2.05) is 57.2 Å². The Kier molecular flexibility index (Phi) is 9.63. The fourth-order valence-electron chi connectivity index (χ4n) is 5.31. The average molecular weight is 562 g/mol. The molecule has 2 amide bonds. The van der Waals surface area contributed by atoms with Gasteiger partial charge in [-0.2, -0.15) is 0 Å². The summed E-state index contributed by atoms with van der Waals surface area (Å²) in [5.74, 6) is -0.624. The van der Waals surface area contributed by atoms with Crippen LogP contribution in [0.1, 0.15) is 55.7 Å². The third kappa shape index (κ3) is 6.73. The fourth-order valence-corrected chi connectivity index (χ4v) is 6.80. The molecule has 40 heavy (non-hydrogen) atoms. The van der Waals surface area contributed by atoms with E-state index >= 15 is 0 Å². The van der Waals surface area contributed by atoms with Crippen LogP contribution < -0.4 is 9.62 Å². The van der Waals surface area contributed by atoms with Gasteiger partial charge in [-0.1, -0.05) is 80.4 Å². The lowest BCUT2D eigenvalue weighted by molar-refractivity contribution is -0.140. The molecule has 1 saturated carbocycles. The number of aryl methyl sites for hydroxylation is 1. The zero-order valence-corrected chi connectivity index (χ0v) is 24.4. The molecule has 0 bridgehead atoms. The summed E-state index contributed by atoms with van der Waals surface area (Å²) in [7, 11) is -4.08. The van der Waals surface area contributed by atoms with Crippen molar-refractivity contribution in [3.63, 3.8) is 0 Å². The lowest BCUT2D eigenvalue weighted by Gasteiger charge is -2.34. The van der Waals surface area contributed by atoms with Crippen LogP contribution in [-0.2, 0) is 26.2 Å².